The number of nitrogens with one attached hydrogen (secondary N) is 1. The van der Waals surface area contributed by atoms with Crippen molar-refractivity contribution >= 4 is 29.0 Å². The summed E-state index contributed by atoms with van der Waals surface area (Å²) in [6.45, 7) is 0. The Bertz CT molecular complexity index is 1090. The molecular weight excluding hydrogens is 453 g/mol. The van der Waals surface area contributed by atoms with Crippen LogP contribution in [0.1, 0.15) is 0 Å². The highest BCUT2D eigenvalue weighted by atomic mass is 35.5. The zero-order valence-corrected chi connectivity index (χ0v) is 16.1. The molecule has 0 saturated heterocycles. The number of nitrogens with zero attached hydrogens (tertiary/aromatic N) is 3. The van der Waals surface area contributed by atoms with E-state index in [0.29, 0.717) is 6.20 Å². The largest absolute Gasteiger partial charge is 0.586 e. The maximum absolute atomic E-state index is 13.2. The predicted molar refractivity (Wildman–Crippen MR) is 99.0 cm³/mol. The number of amides is 1. The third kappa shape index (κ3) is 4.66. The molecule has 0 fully saturated rings. The number of carbonyl (C=O) groups excluding carboxylic acids is 1. The van der Waals surface area contributed by atoms with Gasteiger partial charge in [0, 0.05) is 24.9 Å². The molecule has 3 N–H and O–H groups in total. The number of aromatic nitrogens is 2. The number of aliphatic imine (C=N–C) groups is 1. The third-order valence-electron chi connectivity index (χ3n) is 3.82. The van der Waals surface area contributed by atoms with Gasteiger partial charge in [-0.15, -0.1) is 8.78 Å². The molecule has 0 bridgehead atoms. The zero-order chi connectivity index (χ0) is 23.0. The molecule has 0 atom stereocenters. The third-order valence-corrected chi connectivity index (χ3v) is 4.13. The normalized spacial score (nSPS) is 15.7. The second-order valence-electron chi connectivity index (χ2n) is 5.84. The lowest BCUT2D eigenvalue weighted by Gasteiger charge is -2.13. The molecule has 1 aromatic heterocycles. The van der Waals surface area contributed by atoms with Gasteiger partial charge in [-0.25, -0.2) is 4.98 Å². The van der Waals surface area contributed by atoms with E-state index in [1.807, 2.05) is 0 Å². The fourth-order valence-corrected chi connectivity index (χ4v) is 2.80. The number of hydrogen-bond donors (Lipinski definition) is 2. The smallest absolute Gasteiger partial charge is 0.404 e. The molecule has 1 aromatic carbocycles. The topological polar surface area (TPSA) is 112 Å². The SMILES string of the molecule is CN=C(/C(=C\N)C(=O)Nc1cnc(-c2cc3c(cc2Cl)OC(F)(F)O3)cn1)C(F)(F)F. The Morgan fingerprint density at radius 1 is 1.23 bits per heavy atom. The molecule has 8 nitrogen and oxygen atoms in total. The van der Waals surface area contributed by atoms with Gasteiger partial charge in [-0.05, 0) is 6.07 Å². The number of carbonyl (C=O) groups is 1. The molecule has 0 spiro atoms. The Morgan fingerprint density at radius 2 is 1.87 bits per heavy atom. The average molecular weight is 464 g/mol. The van der Waals surface area contributed by atoms with Crippen LogP contribution in [0.3, 0.4) is 0 Å². The summed E-state index contributed by atoms with van der Waals surface area (Å²) in [6.07, 6.45) is -6.14. The van der Waals surface area contributed by atoms with Crippen molar-refractivity contribution in [1.29, 1.82) is 0 Å². The molecule has 3 rings (SSSR count). The van der Waals surface area contributed by atoms with Crippen LogP contribution in [0, 0.1) is 0 Å². The number of hydrogen-bond acceptors (Lipinski definition) is 7. The molecule has 1 aliphatic heterocycles. The van der Waals surface area contributed by atoms with E-state index in [0.717, 1.165) is 31.6 Å². The van der Waals surface area contributed by atoms with Crippen LogP contribution in [-0.4, -0.2) is 41.1 Å². The number of halogens is 6. The molecule has 2 aromatic rings. The number of anilines is 1. The maximum Gasteiger partial charge on any atom is 0.586 e. The number of benzene rings is 1. The van der Waals surface area contributed by atoms with Crippen molar-refractivity contribution in [2.24, 2.45) is 10.7 Å². The van der Waals surface area contributed by atoms with E-state index < -0.39 is 29.7 Å². The van der Waals surface area contributed by atoms with Crippen LogP contribution < -0.4 is 20.5 Å². The number of rotatable bonds is 4. The standard InChI is InChI=1S/C17H11ClF5N5O3/c1-25-14(16(19,20)21)8(4-24)15(29)28-13-6-26-10(5-27-13)7-2-11-12(3-9(7)18)31-17(22,23)30-11/h2-6H,24H2,1H3,(H,27,28,29)/b8-4+,25-14?. The molecule has 0 unspecified atom stereocenters. The molecule has 0 aliphatic carbocycles. The molecular formula is C17H11ClF5N5O3. The first-order valence-electron chi connectivity index (χ1n) is 8.14. The quantitative estimate of drug-likeness (QED) is 0.407. The van der Waals surface area contributed by atoms with Gasteiger partial charge in [0.1, 0.15) is 0 Å². The van der Waals surface area contributed by atoms with Gasteiger partial charge < -0.3 is 20.5 Å². The summed E-state index contributed by atoms with van der Waals surface area (Å²) in [4.78, 5) is 23.0. The van der Waals surface area contributed by atoms with E-state index in [2.05, 4.69) is 29.8 Å². The van der Waals surface area contributed by atoms with Gasteiger partial charge in [-0.3, -0.25) is 14.8 Å². The van der Waals surface area contributed by atoms with Crippen molar-refractivity contribution in [3.05, 3.63) is 41.3 Å². The van der Waals surface area contributed by atoms with Crippen molar-refractivity contribution in [3.8, 4) is 22.8 Å². The predicted octanol–water partition coefficient (Wildman–Crippen LogP) is 3.53. The number of fused-ring (bicyclic) bond motifs is 1. The summed E-state index contributed by atoms with van der Waals surface area (Å²) in [5.41, 5.74) is 3.03. The summed E-state index contributed by atoms with van der Waals surface area (Å²) in [7, 11) is 0.860. The van der Waals surface area contributed by atoms with Crippen molar-refractivity contribution in [3.63, 3.8) is 0 Å². The summed E-state index contributed by atoms with van der Waals surface area (Å²) in [5, 5.41) is 2.10. The lowest BCUT2D eigenvalue weighted by molar-refractivity contribution is -0.286. The van der Waals surface area contributed by atoms with Crippen LogP contribution in [-0.2, 0) is 4.79 Å². The van der Waals surface area contributed by atoms with Gasteiger partial charge in [-0.2, -0.15) is 13.2 Å². The Kier molecular flexibility index (Phi) is 5.72. The van der Waals surface area contributed by atoms with Gasteiger partial charge in [0.05, 0.1) is 28.7 Å². The first-order chi connectivity index (χ1) is 14.4. The lowest BCUT2D eigenvalue weighted by Crippen LogP contribution is -2.32. The Balaban J connectivity index is 1.81. The molecule has 2 heterocycles. The maximum atomic E-state index is 13.2. The van der Waals surface area contributed by atoms with Crippen molar-refractivity contribution in [2.45, 2.75) is 12.5 Å². The zero-order valence-electron chi connectivity index (χ0n) is 15.3. The highest BCUT2D eigenvalue weighted by Gasteiger charge is 2.44. The number of nitrogens with two attached hydrogens (primary N) is 1. The van der Waals surface area contributed by atoms with Gasteiger partial charge >= 0.3 is 12.5 Å². The molecule has 1 amide bonds. The molecule has 0 saturated carbocycles. The van der Waals surface area contributed by atoms with Crippen molar-refractivity contribution < 1.29 is 36.2 Å². The number of alkyl halides is 5. The minimum atomic E-state index is -4.90. The number of ether oxygens (including phenoxy) is 2. The molecule has 164 valence electrons. The fourth-order valence-electron chi connectivity index (χ4n) is 2.55. The van der Waals surface area contributed by atoms with E-state index in [-0.39, 0.29) is 33.6 Å². The highest BCUT2D eigenvalue weighted by Crippen LogP contribution is 2.45. The van der Waals surface area contributed by atoms with E-state index in [1.165, 1.54) is 0 Å². The molecule has 31 heavy (non-hydrogen) atoms. The van der Waals surface area contributed by atoms with E-state index in [1.54, 1.807) is 0 Å². The minimum Gasteiger partial charge on any atom is -0.404 e. The molecule has 0 radical (unpaired) electrons. The van der Waals surface area contributed by atoms with Crippen LogP contribution in [0.2, 0.25) is 5.02 Å². The van der Waals surface area contributed by atoms with E-state index >= 15 is 0 Å². The minimum absolute atomic E-state index is 0.00605. The van der Waals surface area contributed by atoms with Crippen LogP contribution in [0.5, 0.6) is 11.5 Å². The Labute approximate surface area is 175 Å². The van der Waals surface area contributed by atoms with Crippen LogP contribution >= 0.6 is 11.6 Å². The summed E-state index contributed by atoms with van der Waals surface area (Å²) < 4.78 is 73.9. The van der Waals surface area contributed by atoms with Gasteiger partial charge in [0.15, 0.2) is 23.0 Å². The van der Waals surface area contributed by atoms with Crippen LogP contribution in [0.15, 0.2) is 41.3 Å². The molecule has 1 aliphatic rings. The van der Waals surface area contributed by atoms with Gasteiger partial charge in [-0.1, -0.05) is 11.6 Å². The van der Waals surface area contributed by atoms with Gasteiger partial charge in [0.25, 0.3) is 5.91 Å². The van der Waals surface area contributed by atoms with E-state index in [4.69, 9.17) is 17.3 Å². The first kappa shape index (κ1) is 22.2. The summed E-state index contributed by atoms with van der Waals surface area (Å²) >= 11 is 6.05. The molecule has 14 heteroatoms. The Morgan fingerprint density at radius 3 is 2.39 bits per heavy atom. The van der Waals surface area contributed by atoms with Crippen LogP contribution in [0.4, 0.5) is 27.8 Å². The fraction of sp³-hybridized carbons (Fsp3) is 0.176. The van der Waals surface area contributed by atoms with E-state index in [9.17, 15) is 26.7 Å². The first-order valence-corrected chi connectivity index (χ1v) is 8.52. The lowest BCUT2D eigenvalue weighted by atomic mass is 10.1. The van der Waals surface area contributed by atoms with Crippen molar-refractivity contribution in [1.82, 2.24) is 9.97 Å². The summed E-state index contributed by atoms with van der Waals surface area (Å²) in [5.74, 6) is -1.98. The average Bonchev–Trinajstić information content (AvgIpc) is 2.97. The van der Waals surface area contributed by atoms with Crippen molar-refractivity contribution in [2.75, 3.05) is 12.4 Å². The van der Waals surface area contributed by atoms with Crippen LogP contribution in [0.25, 0.3) is 11.3 Å². The van der Waals surface area contributed by atoms with Gasteiger partial charge in [0.2, 0.25) is 0 Å². The highest BCUT2D eigenvalue weighted by molar-refractivity contribution is 6.33. The second kappa shape index (κ2) is 7.98. The Hall–Kier alpha value is -3.48. The summed E-state index contributed by atoms with van der Waals surface area (Å²) in [6, 6.07) is 2.26. The monoisotopic (exact) mass is 463 g/mol. The second-order valence-corrected chi connectivity index (χ2v) is 6.24.